The third kappa shape index (κ3) is 6.03. The number of rotatable bonds is 9. The molecule has 6 heteroatoms. The number of methoxy groups -OCH3 is 3. The van der Waals surface area contributed by atoms with Crippen molar-refractivity contribution in [1.82, 2.24) is 5.32 Å². The highest BCUT2D eigenvalue weighted by Gasteiger charge is 2.10. The molecule has 0 radical (unpaired) electrons. The molecule has 0 saturated heterocycles. The highest BCUT2D eigenvalue weighted by atomic mass is 16.5. The zero-order chi connectivity index (χ0) is 20.5. The van der Waals surface area contributed by atoms with Gasteiger partial charge in [-0.1, -0.05) is 24.3 Å². The molecule has 2 aromatic carbocycles. The Balaban J connectivity index is 2.00. The van der Waals surface area contributed by atoms with Gasteiger partial charge in [0.25, 0.3) is 0 Å². The standard InChI is InChI=1S/C22H28N2O4/c1-24(2)15-17-8-6-16(7-9-17)14-23-22(25)11-10-18-12-20(27-4)21(28-5)13-19(18)26-3/h6-13H,14-15H2,1-5H3,(H,23,25)/p+1/b11-10+. The average Bonchev–Trinajstić information content (AvgIpc) is 2.70. The van der Waals surface area contributed by atoms with Crippen LogP contribution >= 0.6 is 0 Å². The Kier molecular flexibility index (Phi) is 7.89. The highest BCUT2D eigenvalue weighted by molar-refractivity contribution is 5.92. The van der Waals surface area contributed by atoms with Gasteiger partial charge in [0.05, 0.1) is 35.4 Å². The lowest BCUT2D eigenvalue weighted by atomic mass is 10.1. The fourth-order valence-electron chi connectivity index (χ4n) is 2.78. The number of carbonyl (C=O) groups excluding carboxylic acids is 1. The molecule has 0 aliphatic rings. The van der Waals surface area contributed by atoms with E-state index in [4.69, 9.17) is 14.2 Å². The Labute approximate surface area is 166 Å². The number of hydrogen-bond acceptors (Lipinski definition) is 4. The minimum absolute atomic E-state index is 0.182. The average molecular weight is 385 g/mol. The van der Waals surface area contributed by atoms with Crippen LogP contribution in [0.1, 0.15) is 16.7 Å². The molecule has 0 aromatic heterocycles. The summed E-state index contributed by atoms with van der Waals surface area (Å²) in [5.74, 6) is 1.56. The van der Waals surface area contributed by atoms with Crippen molar-refractivity contribution in [1.29, 1.82) is 0 Å². The van der Waals surface area contributed by atoms with Crippen LogP contribution in [-0.4, -0.2) is 41.3 Å². The molecular formula is C22H29N2O4+. The molecule has 2 rings (SSSR count). The molecule has 150 valence electrons. The van der Waals surface area contributed by atoms with Crippen LogP contribution in [0.3, 0.4) is 0 Å². The molecule has 0 atom stereocenters. The van der Waals surface area contributed by atoms with Crippen molar-refractivity contribution in [3.63, 3.8) is 0 Å². The molecule has 0 heterocycles. The predicted molar refractivity (Wildman–Crippen MR) is 110 cm³/mol. The van der Waals surface area contributed by atoms with Crippen LogP contribution in [0.4, 0.5) is 0 Å². The van der Waals surface area contributed by atoms with Crippen LogP contribution in [0.2, 0.25) is 0 Å². The first-order valence-electron chi connectivity index (χ1n) is 9.09. The van der Waals surface area contributed by atoms with Gasteiger partial charge in [0.15, 0.2) is 11.5 Å². The lowest BCUT2D eigenvalue weighted by molar-refractivity contribution is -0.872. The van der Waals surface area contributed by atoms with E-state index >= 15 is 0 Å². The Bertz CT molecular complexity index is 814. The van der Waals surface area contributed by atoms with Gasteiger partial charge in [0.1, 0.15) is 12.3 Å². The third-order valence-corrected chi connectivity index (χ3v) is 4.20. The Hall–Kier alpha value is -2.99. The van der Waals surface area contributed by atoms with Gasteiger partial charge in [-0.15, -0.1) is 0 Å². The first-order valence-corrected chi connectivity index (χ1v) is 9.09. The summed E-state index contributed by atoms with van der Waals surface area (Å²) in [6.07, 6.45) is 3.17. The SMILES string of the molecule is COc1cc(OC)c(OC)cc1/C=C/C(=O)NCc1ccc(C[NH+](C)C)cc1. The molecular weight excluding hydrogens is 356 g/mol. The second-order valence-electron chi connectivity index (χ2n) is 6.70. The normalized spacial score (nSPS) is 10.9. The summed E-state index contributed by atoms with van der Waals surface area (Å²) >= 11 is 0. The minimum atomic E-state index is -0.182. The van der Waals surface area contributed by atoms with E-state index in [-0.39, 0.29) is 5.91 Å². The Morgan fingerprint density at radius 1 is 0.929 bits per heavy atom. The van der Waals surface area contributed by atoms with Gasteiger partial charge in [0, 0.05) is 29.8 Å². The fourth-order valence-corrected chi connectivity index (χ4v) is 2.78. The van der Waals surface area contributed by atoms with Gasteiger partial charge >= 0.3 is 0 Å². The second-order valence-corrected chi connectivity index (χ2v) is 6.70. The molecule has 0 fully saturated rings. The lowest BCUT2D eigenvalue weighted by Gasteiger charge is -2.12. The highest BCUT2D eigenvalue weighted by Crippen LogP contribution is 2.35. The molecule has 0 aliphatic heterocycles. The van der Waals surface area contributed by atoms with Gasteiger partial charge in [-0.05, 0) is 17.7 Å². The van der Waals surface area contributed by atoms with Gasteiger partial charge in [0.2, 0.25) is 5.91 Å². The van der Waals surface area contributed by atoms with E-state index in [0.29, 0.717) is 23.8 Å². The van der Waals surface area contributed by atoms with Crippen LogP contribution in [0.5, 0.6) is 17.2 Å². The topological polar surface area (TPSA) is 61.2 Å². The van der Waals surface area contributed by atoms with E-state index in [1.807, 2.05) is 12.1 Å². The second kappa shape index (κ2) is 10.4. The van der Waals surface area contributed by atoms with Gasteiger partial charge in [-0.25, -0.2) is 0 Å². The first kappa shape index (κ1) is 21.3. The molecule has 6 nitrogen and oxygen atoms in total. The van der Waals surface area contributed by atoms with Crippen molar-refractivity contribution >= 4 is 12.0 Å². The van der Waals surface area contributed by atoms with E-state index in [2.05, 4.69) is 31.5 Å². The monoisotopic (exact) mass is 385 g/mol. The van der Waals surface area contributed by atoms with E-state index in [1.54, 1.807) is 39.5 Å². The van der Waals surface area contributed by atoms with Crippen LogP contribution < -0.4 is 24.4 Å². The van der Waals surface area contributed by atoms with Crippen LogP contribution in [0.25, 0.3) is 6.08 Å². The van der Waals surface area contributed by atoms with Crippen molar-refractivity contribution in [3.05, 3.63) is 59.2 Å². The summed E-state index contributed by atoms with van der Waals surface area (Å²) in [5, 5.41) is 2.89. The summed E-state index contributed by atoms with van der Waals surface area (Å²) in [7, 11) is 8.94. The third-order valence-electron chi connectivity index (χ3n) is 4.20. The maximum Gasteiger partial charge on any atom is 0.244 e. The number of hydrogen-bond donors (Lipinski definition) is 2. The van der Waals surface area contributed by atoms with Crippen LogP contribution in [0, 0.1) is 0 Å². The maximum absolute atomic E-state index is 12.2. The number of quaternary nitrogens is 1. The van der Waals surface area contributed by atoms with E-state index in [9.17, 15) is 4.79 Å². The predicted octanol–water partition coefficient (Wildman–Crippen LogP) is 1.69. The van der Waals surface area contributed by atoms with Crippen LogP contribution in [-0.2, 0) is 17.9 Å². The number of ether oxygens (including phenoxy) is 3. The Morgan fingerprint density at radius 2 is 1.50 bits per heavy atom. The molecule has 0 unspecified atom stereocenters. The first-order chi connectivity index (χ1) is 13.5. The summed E-state index contributed by atoms with van der Waals surface area (Å²) in [5.41, 5.74) is 3.06. The van der Waals surface area contributed by atoms with Crippen molar-refractivity contribution < 1.29 is 23.9 Å². The molecule has 0 bridgehead atoms. The molecule has 0 aliphatic carbocycles. The van der Waals surface area contributed by atoms with E-state index < -0.39 is 0 Å². The maximum atomic E-state index is 12.2. The fraction of sp³-hybridized carbons (Fsp3) is 0.318. The lowest BCUT2D eigenvalue weighted by Crippen LogP contribution is -3.04. The van der Waals surface area contributed by atoms with E-state index in [1.165, 1.54) is 16.5 Å². The molecule has 1 amide bonds. The summed E-state index contributed by atoms with van der Waals surface area (Å²) in [6.45, 7) is 1.45. The van der Waals surface area contributed by atoms with Crippen molar-refractivity contribution in [2.75, 3.05) is 35.4 Å². The summed E-state index contributed by atoms with van der Waals surface area (Å²) in [4.78, 5) is 13.6. The number of nitrogens with one attached hydrogen (secondary N) is 2. The molecule has 28 heavy (non-hydrogen) atoms. The zero-order valence-electron chi connectivity index (χ0n) is 17.2. The summed E-state index contributed by atoms with van der Waals surface area (Å²) < 4.78 is 15.9. The zero-order valence-corrected chi connectivity index (χ0v) is 17.2. The summed E-state index contributed by atoms with van der Waals surface area (Å²) in [6, 6.07) is 11.8. The number of amides is 1. The van der Waals surface area contributed by atoms with Crippen molar-refractivity contribution in [2.24, 2.45) is 0 Å². The van der Waals surface area contributed by atoms with E-state index in [0.717, 1.165) is 17.7 Å². The Morgan fingerprint density at radius 3 is 2.07 bits per heavy atom. The van der Waals surface area contributed by atoms with Gasteiger partial charge in [-0.3, -0.25) is 4.79 Å². The largest absolute Gasteiger partial charge is 0.496 e. The van der Waals surface area contributed by atoms with Crippen LogP contribution in [0.15, 0.2) is 42.5 Å². The minimum Gasteiger partial charge on any atom is -0.496 e. The quantitative estimate of drug-likeness (QED) is 0.645. The van der Waals surface area contributed by atoms with Crippen molar-refractivity contribution in [3.8, 4) is 17.2 Å². The number of benzene rings is 2. The smallest absolute Gasteiger partial charge is 0.244 e. The molecule has 2 aromatic rings. The molecule has 0 saturated carbocycles. The van der Waals surface area contributed by atoms with Gasteiger partial charge in [-0.2, -0.15) is 0 Å². The van der Waals surface area contributed by atoms with Crippen molar-refractivity contribution in [2.45, 2.75) is 13.1 Å². The van der Waals surface area contributed by atoms with Gasteiger partial charge < -0.3 is 24.4 Å². The number of carbonyl (C=O) groups is 1. The molecule has 2 N–H and O–H groups in total. The molecule has 0 spiro atoms.